The van der Waals surface area contributed by atoms with Crippen molar-refractivity contribution >= 4 is 42.9 Å². The summed E-state index contributed by atoms with van der Waals surface area (Å²) in [5.74, 6) is 0.869. The van der Waals surface area contributed by atoms with Crippen molar-refractivity contribution < 1.29 is 9.47 Å². The molecule has 2 aromatic carbocycles. The summed E-state index contributed by atoms with van der Waals surface area (Å²) in [6, 6.07) is 12.0. The molecule has 1 saturated heterocycles. The number of aromatic nitrogens is 5. The number of imidazole rings is 1. The highest BCUT2D eigenvalue weighted by Gasteiger charge is 2.45. The number of fused-ring (bicyclic) bond motifs is 5. The van der Waals surface area contributed by atoms with Gasteiger partial charge in [-0.2, -0.15) is 0 Å². The van der Waals surface area contributed by atoms with Crippen molar-refractivity contribution in [2.75, 3.05) is 6.61 Å². The van der Waals surface area contributed by atoms with Crippen molar-refractivity contribution in [2.24, 2.45) is 0 Å². The number of ether oxygens (including phenoxy) is 2. The Balaban J connectivity index is 1.39. The van der Waals surface area contributed by atoms with Crippen LogP contribution in [0.3, 0.4) is 0 Å². The first-order valence-electron chi connectivity index (χ1n) is 9.67. The maximum atomic E-state index is 6.23. The van der Waals surface area contributed by atoms with Gasteiger partial charge in [-0.15, -0.1) is 5.10 Å². The molecule has 0 bridgehead atoms. The molecule has 152 valence electrons. The highest BCUT2D eigenvalue weighted by Crippen LogP contribution is 2.43. The third kappa shape index (κ3) is 2.72. The van der Waals surface area contributed by atoms with Crippen LogP contribution < -0.4 is 0 Å². The first-order chi connectivity index (χ1) is 14.6. The van der Waals surface area contributed by atoms with Gasteiger partial charge in [0, 0.05) is 14.5 Å². The van der Waals surface area contributed by atoms with E-state index in [4.69, 9.17) is 14.5 Å². The van der Waals surface area contributed by atoms with Crippen molar-refractivity contribution in [1.82, 2.24) is 24.5 Å². The molecule has 3 atom stereocenters. The van der Waals surface area contributed by atoms with Gasteiger partial charge in [0.2, 0.25) is 0 Å². The molecule has 0 amide bonds. The van der Waals surface area contributed by atoms with Crippen molar-refractivity contribution in [3.05, 3.63) is 62.9 Å². The summed E-state index contributed by atoms with van der Waals surface area (Å²) in [4.78, 5) is 4.78. The first-order valence-corrected chi connectivity index (χ1v) is 11.3. The largest absolute Gasteiger partial charge is 0.363 e. The lowest BCUT2D eigenvalue weighted by Crippen LogP contribution is -2.35. The van der Waals surface area contributed by atoms with E-state index >= 15 is 0 Å². The van der Waals surface area contributed by atoms with Crippen LogP contribution >= 0.6 is 31.9 Å². The minimum Gasteiger partial charge on any atom is -0.363 e. The molecule has 1 fully saturated rings. The Morgan fingerprint density at radius 2 is 1.97 bits per heavy atom. The second-order valence-electron chi connectivity index (χ2n) is 7.58. The van der Waals surface area contributed by atoms with Gasteiger partial charge in [0.15, 0.2) is 6.23 Å². The van der Waals surface area contributed by atoms with Crippen molar-refractivity contribution in [3.8, 4) is 11.3 Å². The SMILES string of the molecule is Cc1c(Br)cc2nc3n(c2c1Br)[C@H]1OC[C@H](n2cc(-c4ccccc4)nn2)[C@H]1OC3. The second kappa shape index (κ2) is 6.98. The van der Waals surface area contributed by atoms with Gasteiger partial charge in [-0.3, -0.25) is 4.57 Å². The quantitative estimate of drug-likeness (QED) is 0.372. The molecule has 6 rings (SSSR count). The van der Waals surface area contributed by atoms with E-state index in [1.807, 2.05) is 47.3 Å². The van der Waals surface area contributed by atoms with Gasteiger partial charge in [-0.1, -0.05) is 51.5 Å². The van der Waals surface area contributed by atoms with E-state index in [1.54, 1.807) is 0 Å². The maximum absolute atomic E-state index is 6.23. The van der Waals surface area contributed by atoms with E-state index in [2.05, 4.69) is 53.7 Å². The van der Waals surface area contributed by atoms with Crippen molar-refractivity contribution in [3.63, 3.8) is 0 Å². The molecule has 0 radical (unpaired) electrons. The molecule has 9 heteroatoms. The maximum Gasteiger partial charge on any atom is 0.164 e. The van der Waals surface area contributed by atoms with Gasteiger partial charge < -0.3 is 9.47 Å². The van der Waals surface area contributed by atoms with Gasteiger partial charge in [0.05, 0.1) is 23.8 Å². The van der Waals surface area contributed by atoms with Crippen LogP contribution in [0.4, 0.5) is 0 Å². The molecule has 0 aliphatic carbocycles. The van der Waals surface area contributed by atoms with E-state index in [9.17, 15) is 0 Å². The number of hydrogen-bond donors (Lipinski definition) is 0. The normalized spacial score (nSPS) is 23.0. The Bertz CT molecular complexity index is 1270. The van der Waals surface area contributed by atoms with Crippen LogP contribution in [0, 0.1) is 6.92 Å². The topological polar surface area (TPSA) is 67.0 Å². The molecular weight excluding hydrogens is 514 g/mol. The zero-order valence-electron chi connectivity index (χ0n) is 16.0. The Labute approximate surface area is 189 Å². The number of rotatable bonds is 2. The molecule has 2 aromatic heterocycles. The summed E-state index contributed by atoms with van der Waals surface area (Å²) in [5, 5.41) is 8.74. The van der Waals surface area contributed by atoms with Gasteiger partial charge in [0.25, 0.3) is 0 Å². The number of hydrogen-bond acceptors (Lipinski definition) is 5. The number of benzene rings is 2. The fourth-order valence-corrected chi connectivity index (χ4v) is 5.56. The Morgan fingerprint density at radius 3 is 2.80 bits per heavy atom. The van der Waals surface area contributed by atoms with Gasteiger partial charge in [-0.25, -0.2) is 9.67 Å². The van der Waals surface area contributed by atoms with Crippen molar-refractivity contribution in [2.45, 2.75) is 31.9 Å². The molecule has 0 unspecified atom stereocenters. The lowest BCUT2D eigenvalue weighted by atomic mass is 10.1. The smallest absolute Gasteiger partial charge is 0.164 e. The monoisotopic (exact) mass is 529 g/mol. The summed E-state index contributed by atoms with van der Waals surface area (Å²) in [6.07, 6.45) is 1.54. The van der Waals surface area contributed by atoms with E-state index in [0.717, 1.165) is 42.6 Å². The summed E-state index contributed by atoms with van der Waals surface area (Å²) >= 11 is 7.38. The lowest BCUT2D eigenvalue weighted by Gasteiger charge is -2.30. The van der Waals surface area contributed by atoms with Crippen LogP contribution in [0.1, 0.15) is 23.7 Å². The van der Waals surface area contributed by atoms with Crippen molar-refractivity contribution in [1.29, 1.82) is 0 Å². The average molecular weight is 531 g/mol. The molecular formula is C21H17Br2N5O2. The predicted molar refractivity (Wildman–Crippen MR) is 118 cm³/mol. The summed E-state index contributed by atoms with van der Waals surface area (Å²) in [6.45, 7) is 3.00. The minimum atomic E-state index is -0.259. The summed E-state index contributed by atoms with van der Waals surface area (Å²) in [7, 11) is 0. The molecule has 30 heavy (non-hydrogen) atoms. The highest BCUT2D eigenvalue weighted by molar-refractivity contribution is 9.11. The van der Waals surface area contributed by atoms with Crippen LogP contribution in [0.5, 0.6) is 0 Å². The Morgan fingerprint density at radius 1 is 1.13 bits per heavy atom. The Kier molecular flexibility index (Phi) is 4.35. The third-order valence-corrected chi connectivity index (χ3v) is 7.64. The third-order valence-electron chi connectivity index (χ3n) is 5.85. The Hall–Kier alpha value is -2.07. The second-order valence-corrected chi connectivity index (χ2v) is 9.23. The van der Waals surface area contributed by atoms with Crippen LogP contribution in [0.15, 0.2) is 51.5 Å². The van der Waals surface area contributed by atoms with E-state index in [1.165, 1.54) is 0 Å². The molecule has 4 aromatic rings. The van der Waals surface area contributed by atoms with Crippen LogP contribution in [-0.4, -0.2) is 37.3 Å². The fourth-order valence-electron chi connectivity index (χ4n) is 4.27. The number of halogens is 2. The first kappa shape index (κ1) is 18.7. The lowest BCUT2D eigenvalue weighted by molar-refractivity contribution is -0.0864. The van der Waals surface area contributed by atoms with Gasteiger partial charge in [0.1, 0.15) is 30.3 Å². The van der Waals surface area contributed by atoms with E-state index in [0.29, 0.717) is 13.2 Å². The zero-order valence-corrected chi connectivity index (χ0v) is 19.2. The summed E-state index contributed by atoms with van der Waals surface area (Å²) in [5.41, 5.74) is 4.96. The van der Waals surface area contributed by atoms with Gasteiger partial charge in [-0.05, 0) is 34.5 Å². The average Bonchev–Trinajstić information content (AvgIpc) is 3.48. The molecule has 4 heterocycles. The molecule has 0 spiro atoms. The molecule has 0 N–H and O–H groups in total. The van der Waals surface area contributed by atoms with Crippen LogP contribution in [-0.2, 0) is 16.1 Å². The zero-order chi connectivity index (χ0) is 20.4. The van der Waals surface area contributed by atoms with Gasteiger partial charge >= 0.3 is 0 Å². The molecule has 2 aliphatic rings. The standard InChI is InChI=1S/C21H17Br2N5O2/c1-11-13(22)7-14-19(18(11)23)28-17(24-14)10-29-20-16(9-30-21(20)28)27-8-15(25-26-27)12-5-3-2-4-6-12/h2-8,16,20-21H,9-10H2,1H3/t16-,20+,21-/m0/s1. The van der Waals surface area contributed by atoms with Crippen LogP contribution in [0.2, 0.25) is 0 Å². The van der Waals surface area contributed by atoms with E-state index < -0.39 is 0 Å². The van der Waals surface area contributed by atoms with Crippen LogP contribution in [0.25, 0.3) is 22.3 Å². The van der Waals surface area contributed by atoms with E-state index in [-0.39, 0.29) is 18.4 Å². The summed E-state index contributed by atoms with van der Waals surface area (Å²) < 4.78 is 18.5. The molecule has 2 aliphatic heterocycles. The highest BCUT2D eigenvalue weighted by atomic mass is 79.9. The predicted octanol–water partition coefficient (Wildman–Crippen LogP) is 4.80. The minimum absolute atomic E-state index is 0.0547. The fraction of sp³-hybridized carbons (Fsp3) is 0.286. The molecule has 7 nitrogen and oxygen atoms in total. The number of nitrogens with zero attached hydrogens (tertiary/aromatic N) is 5. The molecule has 0 saturated carbocycles.